The van der Waals surface area contributed by atoms with Gasteiger partial charge in [0.25, 0.3) is 0 Å². The number of ether oxygens (including phenoxy) is 1. The molecule has 1 heterocycles. The molecule has 96 valence electrons. The molecule has 3 aliphatic carbocycles. The first-order valence-corrected chi connectivity index (χ1v) is 6.67. The maximum atomic E-state index is 12.5. The lowest BCUT2D eigenvalue weighted by atomic mass is 9.49. The molecule has 18 heavy (non-hydrogen) atoms. The van der Waals surface area contributed by atoms with E-state index < -0.39 is 11.7 Å². The fourth-order valence-electron chi connectivity index (χ4n) is 4.64. The lowest BCUT2D eigenvalue weighted by molar-refractivity contribution is -0.138. The summed E-state index contributed by atoms with van der Waals surface area (Å²) in [7, 11) is 0. The van der Waals surface area contributed by atoms with Crippen molar-refractivity contribution in [2.24, 2.45) is 10.8 Å². The quantitative estimate of drug-likeness (QED) is 0.708. The van der Waals surface area contributed by atoms with Crippen molar-refractivity contribution in [3.05, 3.63) is 22.8 Å². The van der Waals surface area contributed by atoms with Crippen molar-refractivity contribution in [2.45, 2.75) is 45.3 Å². The predicted molar refractivity (Wildman–Crippen MR) is 65.9 cm³/mol. The molecule has 0 unspecified atom stereocenters. The Labute approximate surface area is 107 Å². The Balaban J connectivity index is 2.04. The number of carbonyl (C=O) groups is 1. The Morgan fingerprint density at radius 1 is 1.44 bits per heavy atom. The molecule has 2 fully saturated rings. The van der Waals surface area contributed by atoms with E-state index in [1.807, 2.05) is 19.9 Å². The molecule has 4 rings (SSSR count). The van der Waals surface area contributed by atoms with Crippen LogP contribution in [0.4, 0.5) is 0 Å². The summed E-state index contributed by atoms with van der Waals surface area (Å²) in [4.78, 5) is 12.5. The van der Waals surface area contributed by atoms with E-state index in [0.29, 0.717) is 12.2 Å². The zero-order valence-corrected chi connectivity index (χ0v) is 11.0. The van der Waals surface area contributed by atoms with Crippen molar-refractivity contribution in [3.63, 3.8) is 0 Å². The standard InChI is InChI=1S/C15H18O3/c1-8-9-4-5-14(9,3)15-10(11(8)16)6-13(2,7-18-15)12(15)17/h6,12,17H,4-5,7H2,1-3H3/t12-,13+,14-,15-/m0/s1. The molecular formula is C15H18O3. The predicted octanol–water partition coefficient (Wildman–Crippen LogP) is 1.76. The van der Waals surface area contributed by atoms with Crippen molar-refractivity contribution in [3.8, 4) is 0 Å². The van der Waals surface area contributed by atoms with Crippen LogP contribution in [0.5, 0.6) is 0 Å². The van der Waals surface area contributed by atoms with Gasteiger partial charge in [0.15, 0.2) is 5.78 Å². The van der Waals surface area contributed by atoms with Crippen LogP contribution >= 0.6 is 0 Å². The van der Waals surface area contributed by atoms with Crippen LogP contribution in [0.2, 0.25) is 0 Å². The van der Waals surface area contributed by atoms with E-state index in [9.17, 15) is 9.90 Å². The van der Waals surface area contributed by atoms with Crippen LogP contribution < -0.4 is 0 Å². The first kappa shape index (κ1) is 10.9. The molecule has 2 bridgehead atoms. The van der Waals surface area contributed by atoms with E-state index in [4.69, 9.17) is 4.74 Å². The molecule has 1 aliphatic heterocycles. The molecule has 4 atom stereocenters. The maximum absolute atomic E-state index is 12.5. The Bertz CT molecular complexity index is 558. The molecule has 0 aromatic heterocycles. The number of carbonyl (C=O) groups excluding carboxylic acids is 1. The number of rotatable bonds is 0. The summed E-state index contributed by atoms with van der Waals surface area (Å²) in [6.07, 6.45) is 3.36. The van der Waals surface area contributed by atoms with Gasteiger partial charge in [-0.15, -0.1) is 0 Å². The van der Waals surface area contributed by atoms with Crippen molar-refractivity contribution in [2.75, 3.05) is 6.61 Å². The number of hydrogen-bond acceptors (Lipinski definition) is 3. The molecule has 0 aromatic rings. The van der Waals surface area contributed by atoms with Crippen LogP contribution in [-0.4, -0.2) is 29.2 Å². The average molecular weight is 246 g/mol. The fourth-order valence-corrected chi connectivity index (χ4v) is 4.64. The maximum Gasteiger partial charge on any atom is 0.187 e. The minimum absolute atomic E-state index is 0.0876. The third-order valence-electron chi connectivity index (χ3n) is 5.89. The highest BCUT2D eigenvalue weighted by atomic mass is 16.5. The summed E-state index contributed by atoms with van der Waals surface area (Å²) in [5.41, 5.74) is 1.48. The van der Waals surface area contributed by atoms with Gasteiger partial charge in [0.05, 0.1) is 12.7 Å². The minimum atomic E-state index is -0.758. The summed E-state index contributed by atoms with van der Waals surface area (Å²) in [6.45, 7) is 6.58. The Hall–Kier alpha value is -0.930. The van der Waals surface area contributed by atoms with E-state index in [2.05, 4.69) is 6.92 Å². The fraction of sp³-hybridized carbons (Fsp3) is 0.667. The summed E-state index contributed by atoms with van der Waals surface area (Å²) in [5.74, 6) is 0.0876. The van der Waals surface area contributed by atoms with Gasteiger partial charge in [0.1, 0.15) is 5.60 Å². The van der Waals surface area contributed by atoms with E-state index in [1.165, 1.54) is 5.57 Å². The minimum Gasteiger partial charge on any atom is -0.389 e. The zero-order chi connectivity index (χ0) is 12.9. The molecule has 0 aromatic carbocycles. The lowest BCUT2D eigenvalue weighted by Crippen LogP contribution is -2.62. The van der Waals surface area contributed by atoms with Gasteiger partial charge >= 0.3 is 0 Å². The van der Waals surface area contributed by atoms with Gasteiger partial charge in [-0.3, -0.25) is 4.79 Å². The number of allylic oxidation sites excluding steroid dienone is 1. The van der Waals surface area contributed by atoms with Crippen LogP contribution in [0.15, 0.2) is 22.8 Å². The van der Waals surface area contributed by atoms with E-state index in [1.54, 1.807) is 0 Å². The molecule has 0 amide bonds. The van der Waals surface area contributed by atoms with Crippen LogP contribution in [0.1, 0.15) is 33.6 Å². The third kappa shape index (κ3) is 0.774. The lowest BCUT2D eigenvalue weighted by Gasteiger charge is -2.57. The number of Topliss-reactive ketones (excluding diaryl/α,β-unsaturated/α-hetero) is 1. The number of hydrogen-bond donors (Lipinski definition) is 1. The summed E-state index contributed by atoms with van der Waals surface area (Å²) >= 11 is 0. The monoisotopic (exact) mass is 246 g/mol. The second-order valence-electron chi connectivity index (χ2n) is 6.76. The smallest absolute Gasteiger partial charge is 0.187 e. The van der Waals surface area contributed by atoms with Gasteiger partial charge in [0.2, 0.25) is 0 Å². The number of aliphatic hydroxyl groups excluding tert-OH is 1. The van der Waals surface area contributed by atoms with E-state index in [-0.39, 0.29) is 16.6 Å². The van der Waals surface area contributed by atoms with Crippen LogP contribution in [0.3, 0.4) is 0 Å². The summed E-state index contributed by atoms with van der Waals surface area (Å²) < 4.78 is 6.04. The molecule has 1 saturated heterocycles. The number of ketones is 1. The number of fused-ring (bicyclic) bond motifs is 2. The highest BCUT2D eigenvalue weighted by Gasteiger charge is 2.74. The Morgan fingerprint density at radius 2 is 2.17 bits per heavy atom. The summed E-state index contributed by atoms with van der Waals surface area (Å²) in [5, 5.41) is 10.7. The van der Waals surface area contributed by atoms with Crippen LogP contribution in [-0.2, 0) is 9.53 Å². The van der Waals surface area contributed by atoms with Crippen molar-refractivity contribution in [1.82, 2.24) is 0 Å². The molecule has 1 N–H and O–H groups in total. The number of aliphatic hydroxyl groups is 1. The van der Waals surface area contributed by atoms with Gasteiger partial charge in [-0.2, -0.15) is 0 Å². The molecule has 4 aliphatic rings. The molecular weight excluding hydrogens is 228 g/mol. The molecule has 1 spiro atoms. The molecule has 0 radical (unpaired) electrons. The highest BCUT2D eigenvalue weighted by molar-refractivity contribution is 6.12. The third-order valence-corrected chi connectivity index (χ3v) is 5.89. The molecule has 3 heteroatoms. The van der Waals surface area contributed by atoms with Crippen LogP contribution in [0.25, 0.3) is 0 Å². The first-order valence-electron chi connectivity index (χ1n) is 6.67. The van der Waals surface area contributed by atoms with E-state index in [0.717, 1.165) is 18.4 Å². The Kier molecular flexibility index (Phi) is 1.61. The van der Waals surface area contributed by atoms with Gasteiger partial charge in [-0.1, -0.05) is 25.5 Å². The second-order valence-corrected chi connectivity index (χ2v) is 6.76. The van der Waals surface area contributed by atoms with Crippen molar-refractivity contribution >= 4 is 5.78 Å². The molecule has 3 nitrogen and oxygen atoms in total. The average Bonchev–Trinajstić information content (AvgIpc) is 2.70. The van der Waals surface area contributed by atoms with Crippen molar-refractivity contribution in [1.29, 1.82) is 0 Å². The highest BCUT2D eigenvalue weighted by Crippen LogP contribution is 2.69. The van der Waals surface area contributed by atoms with Crippen LogP contribution in [0, 0.1) is 10.8 Å². The van der Waals surface area contributed by atoms with Gasteiger partial charge in [-0.05, 0) is 25.3 Å². The zero-order valence-electron chi connectivity index (χ0n) is 11.0. The Morgan fingerprint density at radius 3 is 2.72 bits per heavy atom. The van der Waals surface area contributed by atoms with Gasteiger partial charge in [-0.25, -0.2) is 0 Å². The van der Waals surface area contributed by atoms with Gasteiger partial charge in [0, 0.05) is 16.4 Å². The first-order chi connectivity index (χ1) is 8.37. The van der Waals surface area contributed by atoms with Crippen molar-refractivity contribution < 1.29 is 14.6 Å². The largest absolute Gasteiger partial charge is 0.389 e. The van der Waals surface area contributed by atoms with Gasteiger partial charge < -0.3 is 9.84 Å². The SMILES string of the molecule is CC1=C2CC[C@]2(C)[C@]23OC[C@@](C)(C=C2C1=O)[C@@H]3O. The summed E-state index contributed by atoms with van der Waals surface area (Å²) in [6, 6.07) is 0. The van der Waals surface area contributed by atoms with E-state index >= 15 is 0 Å². The normalized spacial score (nSPS) is 53.0. The topological polar surface area (TPSA) is 46.5 Å². The molecule has 1 saturated carbocycles. The second kappa shape index (κ2) is 2.66.